The molecular weight excluding hydrogens is 301 g/mol. The Morgan fingerprint density at radius 2 is 2.30 bits per heavy atom. The Bertz CT molecular complexity index is 632. The molecule has 2 aromatic rings. The van der Waals surface area contributed by atoms with Gasteiger partial charge in [0.2, 0.25) is 5.91 Å². The van der Waals surface area contributed by atoms with Gasteiger partial charge in [-0.05, 0) is 25.1 Å². The minimum absolute atomic E-state index is 0.174. The van der Waals surface area contributed by atoms with Gasteiger partial charge in [0.25, 0.3) is 0 Å². The molecule has 1 N–H and O–H groups in total. The van der Waals surface area contributed by atoms with E-state index in [2.05, 4.69) is 10.3 Å². The zero-order chi connectivity index (χ0) is 14.7. The first kappa shape index (κ1) is 14.9. The van der Waals surface area contributed by atoms with E-state index in [1.807, 2.05) is 17.8 Å². The van der Waals surface area contributed by atoms with Gasteiger partial charge in [0.05, 0.1) is 16.0 Å². The van der Waals surface area contributed by atoms with Crippen LogP contribution in [-0.2, 0) is 11.8 Å². The third-order valence-electron chi connectivity index (χ3n) is 2.62. The van der Waals surface area contributed by atoms with Crippen LogP contribution >= 0.6 is 23.4 Å². The van der Waals surface area contributed by atoms with Crippen molar-refractivity contribution < 1.29 is 9.18 Å². The second-order valence-electron chi connectivity index (χ2n) is 4.19. The fraction of sp³-hybridized carbons (Fsp3) is 0.231. The van der Waals surface area contributed by atoms with Gasteiger partial charge in [0.1, 0.15) is 5.82 Å². The number of thioether (sulfide) groups is 1. The van der Waals surface area contributed by atoms with Gasteiger partial charge in [0.15, 0.2) is 5.16 Å². The number of hydrogen-bond acceptors (Lipinski definition) is 3. The lowest BCUT2D eigenvalue weighted by Crippen LogP contribution is -2.23. The Hall–Kier alpha value is -1.53. The van der Waals surface area contributed by atoms with Crippen LogP contribution < -0.4 is 5.32 Å². The van der Waals surface area contributed by atoms with E-state index in [1.54, 1.807) is 13.1 Å². The standard InChI is InChI=1S/C13H13ClFN3OS/c1-8(20-13-16-5-6-18(13)2)12(19)17-11-4-3-9(15)7-10(11)14/h3-8H,1-2H3,(H,17,19). The van der Waals surface area contributed by atoms with Crippen molar-refractivity contribution in [2.45, 2.75) is 17.3 Å². The van der Waals surface area contributed by atoms with Crippen LogP contribution in [0.5, 0.6) is 0 Å². The van der Waals surface area contributed by atoms with Crippen molar-refractivity contribution in [3.8, 4) is 0 Å². The summed E-state index contributed by atoms with van der Waals surface area (Å²) in [5, 5.41) is 3.25. The molecule has 0 bridgehead atoms. The summed E-state index contributed by atoms with van der Waals surface area (Å²) in [6.45, 7) is 1.77. The van der Waals surface area contributed by atoms with Crippen molar-refractivity contribution in [1.82, 2.24) is 9.55 Å². The van der Waals surface area contributed by atoms with Gasteiger partial charge in [-0.3, -0.25) is 4.79 Å². The maximum atomic E-state index is 12.9. The second-order valence-corrected chi connectivity index (χ2v) is 5.91. The zero-order valence-electron chi connectivity index (χ0n) is 10.9. The van der Waals surface area contributed by atoms with E-state index in [1.165, 1.54) is 23.9 Å². The van der Waals surface area contributed by atoms with Crippen LogP contribution in [0.1, 0.15) is 6.92 Å². The second kappa shape index (κ2) is 6.28. The van der Waals surface area contributed by atoms with Crippen LogP contribution in [0, 0.1) is 5.82 Å². The van der Waals surface area contributed by atoms with Gasteiger partial charge in [-0.15, -0.1) is 0 Å². The number of aromatic nitrogens is 2. The van der Waals surface area contributed by atoms with Crippen LogP contribution in [0.25, 0.3) is 0 Å². The van der Waals surface area contributed by atoms with E-state index in [-0.39, 0.29) is 16.2 Å². The van der Waals surface area contributed by atoms with Gasteiger partial charge in [-0.1, -0.05) is 23.4 Å². The number of hydrogen-bond donors (Lipinski definition) is 1. The monoisotopic (exact) mass is 313 g/mol. The number of nitrogens with one attached hydrogen (secondary N) is 1. The predicted molar refractivity (Wildman–Crippen MR) is 78.6 cm³/mol. The van der Waals surface area contributed by atoms with Gasteiger partial charge >= 0.3 is 0 Å². The normalized spacial score (nSPS) is 12.2. The Labute approximate surface area is 125 Å². The summed E-state index contributed by atoms with van der Waals surface area (Å²) in [5.41, 5.74) is 0.394. The molecule has 0 fully saturated rings. The first-order valence-electron chi connectivity index (χ1n) is 5.87. The molecule has 0 aliphatic heterocycles. The van der Waals surface area contributed by atoms with E-state index >= 15 is 0 Å². The first-order chi connectivity index (χ1) is 9.47. The molecule has 2 rings (SSSR count). The third-order valence-corrected chi connectivity index (χ3v) is 4.10. The number of halogens is 2. The Morgan fingerprint density at radius 3 is 2.90 bits per heavy atom. The quantitative estimate of drug-likeness (QED) is 0.881. The Balaban J connectivity index is 2.02. The lowest BCUT2D eigenvalue weighted by Gasteiger charge is -2.12. The molecule has 0 spiro atoms. The summed E-state index contributed by atoms with van der Waals surface area (Å²) in [7, 11) is 1.86. The van der Waals surface area contributed by atoms with Crippen LogP contribution in [0.4, 0.5) is 10.1 Å². The van der Waals surface area contributed by atoms with Gasteiger partial charge in [-0.2, -0.15) is 0 Å². The smallest absolute Gasteiger partial charge is 0.237 e. The topological polar surface area (TPSA) is 46.9 Å². The number of aryl methyl sites for hydroxylation is 1. The number of amides is 1. The van der Waals surface area contributed by atoms with Gasteiger partial charge < -0.3 is 9.88 Å². The molecule has 1 amide bonds. The number of carbonyl (C=O) groups excluding carboxylic acids is 1. The molecule has 1 aromatic carbocycles. The summed E-state index contributed by atoms with van der Waals surface area (Å²) in [5.74, 6) is -0.657. The maximum Gasteiger partial charge on any atom is 0.237 e. The molecule has 0 saturated heterocycles. The van der Waals surface area contributed by atoms with E-state index in [9.17, 15) is 9.18 Å². The van der Waals surface area contributed by atoms with E-state index in [4.69, 9.17) is 11.6 Å². The van der Waals surface area contributed by atoms with Crippen molar-refractivity contribution in [1.29, 1.82) is 0 Å². The van der Waals surface area contributed by atoms with E-state index in [0.717, 1.165) is 11.2 Å². The van der Waals surface area contributed by atoms with Gasteiger partial charge in [-0.25, -0.2) is 9.37 Å². The number of carbonyl (C=O) groups is 1. The highest BCUT2D eigenvalue weighted by Gasteiger charge is 2.17. The lowest BCUT2D eigenvalue weighted by atomic mass is 10.3. The number of anilines is 1. The molecule has 1 atom stereocenters. The molecule has 20 heavy (non-hydrogen) atoms. The van der Waals surface area contributed by atoms with Crippen molar-refractivity contribution >= 4 is 35.0 Å². The van der Waals surface area contributed by atoms with Crippen LogP contribution in [-0.4, -0.2) is 20.7 Å². The largest absolute Gasteiger partial charge is 0.329 e. The SMILES string of the molecule is CC(Sc1nccn1C)C(=O)Nc1ccc(F)cc1Cl. The molecule has 0 saturated carbocycles. The van der Waals surface area contributed by atoms with Crippen LogP contribution in [0.15, 0.2) is 35.7 Å². The summed E-state index contributed by atoms with van der Waals surface area (Å²) < 4.78 is 14.8. The molecule has 1 aromatic heterocycles. The average Bonchev–Trinajstić information content (AvgIpc) is 2.78. The molecule has 106 valence electrons. The van der Waals surface area contributed by atoms with Gasteiger partial charge in [0, 0.05) is 19.4 Å². The number of imidazole rings is 1. The minimum atomic E-state index is -0.441. The number of benzene rings is 1. The fourth-order valence-corrected chi connectivity index (χ4v) is 2.55. The highest BCUT2D eigenvalue weighted by molar-refractivity contribution is 8.00. The van der Waals surface area contributed by atoms with Crippen molar-refractivity contribution in [2.24, 2.45) is 7.05 Å². The molecule has 4 nitrogen and oxygen atoms in total. The Kier molecular flexibility index (Phi) is 4.67. The summed E-state index contributed by atoms with van der Waals surface area (Å²) in [4.78, 5) is 16.2. The molecule has 0 aliphatic carbocycles. The minimum Gasteiger partial charge on any atom is -0.329 e. The molecule has 0 aliphatic rings. The first-order valence-corrected chi connectivity index (χ1v) is 7.13. The molecule has 7 heteroatoms. The maximum absolute atomic E-state index is 12.9. The third kappa shape index (κ3) is 3.52. The van der Waals surface area contributed by atoms with Crippen molar-refractivity contribution in [2.75, 3.05) is 5.32 Å². The van der Waals surface area contributed by atoms with E-state index in [0.29, 0.717) is 5.69 Å². The van der Waals surface area contributed by atoms with Crippen molar-refractivity contribution in [3.63, 3.8) is 0 Å². The number of nitrogens with zero attached hydrogens (tertiary/aromatic N) is 2. The Morgan fingerprint density at radius 1 is 1.55 bits per heavy atom. The summed E-state index contributed by atoms with van der Waals surface area (Å²) in [6.07, 6.45) is 3.48. The van der Waals surface area contributed by atoms with Crippen LogP contribution in [0.3, 0.4) is 0 Å². The highest BCUT2D eigenvalue weighted by Crippen LogP contribution is 2.25. The zero-order valence-corrected chi connectivity index (χ0v) is 12.5. The summed E-state index contributed by atoms with van der Waals surface area (Å²) in [6, 6.07) is 3.85. The lowest BCUT2D eigenvalue weighted by molar-refractivity contribution is -0.115. The highest BCUT2D eigenvalue weighted by atomic mass is 35.5. The van der Waals surface area contributed by atoms with Crippen LogP contribution in [0.2, 0.25) is 5.02 Å². The van der Waals surface area contributed by atoms with Crippen molar-refractivity contribution in [3.05, 3.63) is 41.4 Å². The summed E-state index contributed by atoms with van der Waals surface area (Å²) >= 11 is 7.20. The molecular formula is C13H13ClFN3OS. The molecule has 0 radical (unpaired) electrons. The molecule has 1 unspecified atom stereocenters. The molecule has 1 heterocycles. The average molecular weight is 314 g/mol. The number of rotatable bonds is 4. The van der Waals surface area contributed by atoms with E-state index < -0.39 is 5.82 Å². The fourth-order valence-electron chi connectivity index (χ4n) is 1.50. The predicted octanol–water partition coefficient (Wildman–Crippen LogP) is 3.33.